The highest BCUT2D eigenvalue weighted by Crippen LogP contribution is 2.39. The lowest BCUT2D eigenvalue weighted by Gasteiger charge is -2.35. The molecule has 3 heterocycles. The van der Waals surface area contributed by atoms with Crippen LogP contribution in [0.5, 0.6) is 0 Å². The number of carbonyl (C=O) groups excluding carboxylic acids is 2. The molecule has 2 amide bonds. The number of benzene rings is 1. The summed E-state index contributed by atoms with van der Waals surface area (Å²) in [7, 11) is 1.77. The van der Waals surface area contributed by atoms with Gasteiger partial charge in [0.1, 0.15) is 11.0 Å². The average Bonchev–Trinajstić information content (AvgIpc) is 3.64. The van der Waals surface area contributed by atoms with E-state index in [0.717, 1.165) is 71.4 Å². The fraction of sp³-hybridized carbons (Fsp3) is 0.562. The molecule has 1 aromatic carbocycles. The van der Waals surface area contributed by atoms with Crippen molar-refractivity contribution in [1.29, 1.82) is 0 Å². The Bertz CT molecular complexity index is 1360. The fourth-order valence-electron chi connectivity index (χ4n) is 6.06. The Kier molecular flexibility index (Phi) is 8.57. The largest absolute Gasteiger partial charge is 0.343 e. The molecular formula is C32H43N5O2S. The van der Waals surface area contributed by atoms with E-state index in [2.05, 4.69) is 55.0 Å². The molecule has 1 saturated heterocycles. The summed E-state index contributed by atoms with van der Waals surface area (Å²) in [5.41, 5.74) is 3.94. The Morgan fingerprint density at radius 3 is 2.52 bits per heavy atom. The summed E-state index contributed by atoms with van der Waals surface area (Å²) in [4.78, 5) is 39.1. The number of rotatable bonds is 7. The highest BCUT2D eigenvalue weighted by molar-refractivity contribution is 7.10. The second-order valence-corrected chi connectivity index (χ2v) is 13.4. The minimum atomic E-state index is -0.484. The van der Waals surface area contributed by atoms with E-state index in [1.54, 1.807) is 18.4 Å². The molecule has 0 spiro atoms. The first-order chi connectivity index (χ1) is 19.2. The second kappa shape index (κ2) is 12.0. The van der Waals surface area contributed by atoms with Crippen LogP contribution in [0.4, 0.5) is 0 Å². The number of aromatic nitrogens is 2. The van der Waals surface area contributed by atoms with Crippen LogP contribution in [-0.4, -0.2) is 52.4 Å². The summed E-state index contributed by atoms with van der Waals surface area (Å²) >= 11 is 1.63. The highest BCUT2D eigenvalue weighted by atomic mass is 32.1. The second-order valence-electron chi connectivity index (χ2n) is 12.5. The van der Waals surface area contributed by atoms with Crippen molar-refractivity contribution in [3.63, 3.8) is 0 Å². The highest BCUT2D eigenvalue weighted by Gasteiger charge is 2.40. The Morgan fingerprint density at radius 2 is 1.80 bits per heavy atom. The number of thiazole rings is 1. The van der Waals surface area contributed by atoms with Crippen LogP contribution in [0.2, 0.25) is 0 Å². The van der Waals surface area contributed by atoms with Crippen molar-refractivity contribution >= 4 is 34.1 Å². The minimum Gasteiger partial charge on any atom is -0.343 e. The molecule has 2 aliphatic rings. The molecule has 1 saturated carbocycles. The van der Waals surface area contributed by atoms with Crippen molar-refractivity contribution in [1.82, 2.24) is 25.5 Å². The van der Waals surface area contributed by atoms with Gasteiger partial charge in [-0.1, -0.05) is 58.2 Å². The van der Waals surface area contributed by atoms with Gasteiger partial charge >= 0.3 is 0 Å². The summed E-state index contributed by atoms with van der Waals surface area (Å²) in [6.07, 6.45) is 7.22. The lowest BCUT2D eigenvalue weighted by atomic mass is 9.83. The maximum Gasteiger partial charge on any atom is 0.246 e. The lowest BCUT2D eigenvalue weighted by molar-refractivity contribution is -0.139. The lowest BCUT2D eigenvalue weighted by Crippen LogP contribution is -2.55. The summed E-state index contributed by atoms with van der Waals surface area (Å²) in [6.45, 7) is 9.08. The van der Waals surface area contributed by atoms with Gasteiger partial charge in [-0.25, -0.2) is 4.98 Å². The van der Waals surface area contributed by atoms with Gasteiger partial charge in [-0.2, -0.15) is 0 Å². The van der Waals surface area contributed by atoms with E-state index in [-0.39, 0.29) is 35.2 Å². The Labute approximate surface area is 242 Å². The van der Waals surface area contributed by atoms with Gasteiger partial charge in [0.2, 0.25) is 11.8 Å². The van der Waals surface area contributed by atoms with Gasteiger partial charge in [0.15, 0.2) is 0 Å². The number of hydrogen-bond acceptors (Lipinski definition) is 6. The Hall–Kier alpha value is -2.84. The van der Waals surface area contributed by atoms with Gasteiger partial charge in [0, 0.05) is 34.0 Å². The third-order valence-corrected chi connectivity index (χ3v) is 9.56. The predicted molar refractivity (Wildman–Crippen MR) is 162 cm³/mol. The fourth-order valence-corrected chi connectivity index (χ4v) is 7.03. The van der Waals surface area contributed by atoms with Crippen LogP contribution in [-0.2, 0) is 15.0 Å². The van der Waals surface area contributed by atoms with Crippen molar-refractivity contribution in [3.8, 4) is 11.3 Å². The third kappa shape index (κ3) is 5.93. The standard InChI is InChI=1S/C32H43N5O2S/c1-20(33-5)29(38)36-28(21-12-7-6-8-13-21)31(39)37-17-11-16-26(37)30-35-25(19-40-30)23-18-27(32(2,3)4)34-24-15-10-9-14-22(23)24/h9-10,14-15,18-21,26,28,33H,6-8,11-13,16-17H2,1-5H3,(H,36,38)/t20-,26-,28-/m0/s1. The molecular weight excluding hydrogens is 518 g/mol. The number of likely N-dealkylation sites (tertiary alicyclic amines) is 1. The van der Waals surface area contributed by atoms with E-state index in [1.165, 1.54) is 6.42 Å². The zero-order valence-electron chi connectivity index (χ0n) is 24.5. The van der Waals surface area contributed by atoms with Gasteiger partial charge in [0.25, 0.3) is 0 Å². The number of likely N-dealkylation sites (N-methyl/N-ethyl adjacent to an activating group) is 1. The summed E-state index contributed by atoms with van der Waals surface area (Å²) in [5, 5.41) is 10.3. The molecule has 3 atom stereocenters. The molecule has 1 aliphatic heterocycles. The molecule has 5 rings (SSSR count). The molecule has 214 valence electrons. The number of amides is 2. The van der Waals surface area contributed by atoms with Crippen molar-refractivity contribution < 1.29 is 9.59 Å². The molecule has 2 aromatic heterocycles. The first-order valence-electron chi connectivity index (χ1n) is 14.8. The van der Waals surface area contributed by atoms with E-state index in [1.807, 2.05) is 24.0 Å². The quantitative estimate of drug-likeness (QED) is 0.370. The van der Waals surface area contributed by atoms with Gasteiger partial charge in [-0.15, -0.1) is 11.3 Å². The van der Waals surface area contributed by atoms with Gasteiger partial charge in [0.05, 0.1) is 23.3 Å². The normalized spacial score (nSPS) is 20.0. The van der Waals surface area contributed by atoms with Crippen LogP contribution in [0.25, 0.3) is 22.2 Å². The van der Waals surface area contributed by atoms with Crippen LogP contribution >= 0.6 is 11.3 Å². The number of pyridine rings is 1. The number of para-hydroxylation sites is 1. The number of fused-ring (bicyclic) bond motifs is 1. The molecule has 2 N–H and O–H groups in total. The molecule has 0 radical (unpaired) electrons. The average molecular weight is 562 g/mol. The summed E-state index contributed by atoms with van der Waals surface area (Å²) in [5.74, 6) is 0.117. The maximum atomic E-state index is 14.1. The number of carbonyl (C=O) groups is 2. The molecule has 0 bridgehead atoms. The zero-order valence-corrected chi connectivity index (χ0v) is 25.3. The summed E-state index contributed by atoms with van der Waals surface area (Å²) in [6, 6.07) is 9.53. The van der Waals surface area contributed by atoms with Crippen LogP contribution in [0, 0.1) is 5.92 Å². The maximum absolute atomic E-state index is 14.1. The van der Waals surface area contributed by atoms with E-state index in [0.29, 0.717) is 6.54 Å². The van der Waals surface area contributed by atoms with Crippen molar-refractivity contribution in [2.24, 2.45) is 5.92 Å². The SMILES string of the molecule is CN[C@@H](C)C(=O)N[C@H](C(=O)N1CCC[C@H]1c1nc(-c2cc(C(C)(C)C)nc3ccccc23)cs1)C1CCCCC1. The van der Waals surface area contributed by atoms with Gasteiger partial charge in [-0.3, -0.25) is 14.6 Å². The van der Waals surface area contributed by atoms with Crippen LogP contribution in [0.1, 0.15) is 89.4 Å². The topological polar surface area (TPSA) is 87.2 Å². The first-order valence-corrected chi connectivity index (χ1v) is 15.7. The Morgan fingerprint density at radius 1 is 1.05 bits per heavy atom. The van der Waals surface area contributed by atoms with Crippen LogP contribution in [0.15, 0.2) is 35.7 Å². The number of hydrogen-bond donors (Lipinski definition) is 2. The minimum absolute atomic E-state index is 0.0483. The molecule has 7 nitrogen and oxygen atoms in total. The van der Waals surface area contributed by atoms with Gasteiger partial charge < -0.3 is 15.5 Å². The van der Waals surface area contributed by atoms with E-state index >= 15 is 0 Å². The Balaban J connectivity index is 1.44. The predicted octanol–water partition coefficient (Wildman–Crippen LogP) is 5.99. The van der Waals surface area contributed by atoms with E-state index in [9.17, 15) is 9.59 Å². The smallest absolute Gasteiger partial charge is 0.246 e. The van der Waals surface area contributed by atoms with Gasteiger partial charge in [-0.05, 0) is 57.7 Å². The molecule has 8 heteroatoms. The van der Waals surface area contributed by atoms with E-state index < -0.39 is 6.04 Å². The van der Waals surface area contributed by atoms with E-state index in [4.69, 9.17) is 9.97 Å². The molecule has 2 fully saturated rings. The number of nitrogens with one attached hydrogen (secondary N) is 2. The van der Waals surface area contributed by atoms with Crippen LogP contribution in [0.3, 0.4) is 0 Å². The zero-order chi connectivity index (χ0) is 28.4. The molecule has 40 heavy (non-hydrogen) atoms. The summed E-state index contributed by atoms with van der Waals surface area (Å²) < 4.78 is 0. The van der Waals surface area contributed by atoms with Crippen molar-refractivity contribution in [2.45, 2.75) is 96.2 Å². The van der Waals surface area contributed by atoms with Crippen LogP contribution < -0.4 is 10.6 Å². The van der Waals surface area contributed by atoms with Crippen molar-refractivity contribution in [3.05, 3.63) is 46.4 Å². The van der Waals surface area contributed by atoms with Crippen molar-refractivity contribution in [2.75, 3.05) is 13.6 Å². The first kappa shape index (κ1) is 28.7. The molecule has 3 aromatic rings. The number of nitrogens with zero attached hydrogens (tertiary/aromatic N) is 3. The molecule has 1 aliphatic carbocycles. The molecule has 0 unspecified atom stereocenters. The monoisotopic (exact) mass is 561 g/mol. The third-order valence-electron chi connectivity index (χ3n) is 8.61.